The zero-order valence-electron chi connectivity index (χ0n) is 7.71. The maximum absolute atomic E-state index is 11.6. The van der Waals surface area contributed by atoms with E-state index < -0.39 is 11.0 Å². The lowest BCUT2D eigenvalue weighted by Gasteiger charge is -2.34. The van der Waals surface area contributed by atoms with E-state index >= 15 is 0 Å². The number of aromatic nitrogens is 1. The number of amides is 1. The highest BCUT2D eigenvalue weighted by Crippen LogP contribution is 2.15. The number of carbonyl (C=O) groups excluding carboxylic acids is 1. The van der Waals surface area contributed by atoms with Gasteiger partial charge in [-0.1, -0.05) is 0 Å². The molecule has 0 atom stereocenters. The number of H-pyrrole nitrogens is 1. The van der Waals surface area contributed by atoms with Gasteiger partial charge in [0.25, 0.3) is 5.91 Å². The van der Waals surface area contributed by atoms with Gasteiger partial charge in [-0.2, -0.15) is 0 Å². The molecular formula is C8H9N3O4. The van der Waals surface area contributed by atoms with Gasteiger partial charge >= 0.3 is 5.82 Å². The third-order valence-electron chi connectivity index (χ3n) is 2.25. The summed E-state index contributed by atoms with van der Waals surface area (Å²) in [4.78, 5) is 25.1. The Morgan fingerprint density at radius 2 is 2.27 bits per heavy atom. The molecular weight excluding hydrogens is 202 g/mol. The number of aliphatic hydroxyl groups excluding tert-OH is 1. The number of nitrogens with one attached hydrogen (secondary N) is 1. The summed E-state index contributed by atoms with van der Waals surface area (Å²) in [5, 5.41) is 19.3. The minimum Gasteiger partial charge on any atom is -0.389 e. The van der Waals surface area contributed by atoms with Crippen molar-refractivity contribution in [2.75, 3.05) is 13.1 Å². The zero-order chi connectivity index (χ0) is 11.0. The van der Waals surface area contributed by atoms with E-state index in [0.29, 0.717) is 0 Å². The molecule has 0 radical (unpaired) electrons. The van der Waals surface area contributed by atoms with Gasteiger partial charge in [0.2, 0.25) is 0 Å². The van der Waals surface area contributed by atoms with Crippen LogP contribution in [0.2, 0.25) is 0 Å². The van der Waals surface area contributed by atoms with Gasteiger partial charge in [-0.25, -0.2) is 4.98 Å². The van der Waals surface area contributed by atoms with Crippen LogP contribution in [0.3, 0.4) is 0 Å². The average molecular weight is 211 g/mol. The molecule has 1 fully saturated rings. The van der Waals surface area contributed by atoms with E-state index in [-0.39, 0.29) is 30.5 Å². The quantitative estimate of drug-likeness (QED) is 0.520. The lowest BCUT2D eigenvalue weighted by molar-refractivity contribution is -0.389. The first kappa shape index (κ1) is 9.66. The van der Waals surface area contributed by atoms with Crippen LogP contribution < -0.4 is 0 Å². The van der Waals surface area contributed by atoms with Gasteiger partial charge in [0, 0.05) is 19.2 Å². The standard InChI is InChI=1S/C8H9N3O4/c12-5-3-10(4-5)8(13)6-1-2-7(9-6)11(14)15/h1-2,5,9,12H,3-4H2. The van der Waals surface area contributed by atoms with Crippen molar-refractivity contribution in [3.05, 3.63) is 27.9 Å². The molecule has 0 unspecified atom stereocenters. The number of rotatable bonds is 2. The largest absolute Gasteiger partial charge is 0.389 e. The summed E-state index contributed by atoms with van der Waals surface area (Å²) >= 11 is 0. The SMILES string of the molecule is O=C(c1ccc([N+](=O)[O-])[nH]1)N1CC(O)C1. The predicted molar refractivity (Wildman–Crippen MR) is 49.4 cm³/mol. The van der Waals surface area contributed by atoms with Crippen molar-refractivity contribution in [1.82, 2.24) is 9.88 Å². The second kappa shape index (κ2) is 3.35. The van der Waals surface area contributed by atoms with Crippen LogP contribution in [0, 0.1) is 10.1 Å². The van der Waals surface area contributed by atoms with E-state index in [1.165, 1.54) is 17.0 Å². The summed E-state index contributed by atoms with van der Waals surface area (Å²) in [5.74, 6) is -0.534. The molecule has 80 valence electrons. The van der Waals surface area contributed by atoms with E-state index in [9.17, 15) is 14.9 Å². The zero-order valence-corrected chi connectivity index (χ0v) is 7.71. The van der Waals surface area contributed by atoms with Crippen LogP contribution in [-0.2, 0) is 0 Å². The van der Waals surface area contributed by atoms with Crippen LogP contribution in [0.15, 0.2) is 12.1 Å². The highest BCUT2D eigenvalue weighted by Gasteiger charge is 2.31. The topological polar surface area (TPSA) is 99.5 Å². The summed E-state index contributed by atoms with van der Waals surface area (Å²) in [6.45, 7) is 0.567. The van der Waals surface area contributed by atoms with Crippen molar-refractivity contribution in [1.29, 1.82) is 0 Å². The molecule has 1 amide bonds. The molecule has 0 saturated carbocycles. The lowest BCUT2D eigenvalue weighted by Crippen LogP contribution is -2.53. The van der Waals surface area contributed by atoms with Crippen molar-refractivity contribution >= 4 is 11.7 Å². The van der Waals surface area contributed by atoms with Crippen molar-refractivity contribution in [3.63, 3.8) is 0 Å². The van der Waals surface area contributed by atoms with Crippen LogP contribution in [0.1, 0.15) is 10.5 Å². The minimum absolute atomic E-state index is 0.175. The number of aromatic amines is 1. The first-order valence-corrected chi connectivity index (χ1v) is 4.38. The van der Waals surface area contributed by atoms with Gasteiger partial charge in [0.05, 0.1) is 6.10 Å². The van der Waals surface area contributed by atoms with Gasteiger partial charge in [0.1, 0.15) is 0 Å². The normalized spacial score (nSPS) is 16.2. The summed E-state index contributed by atoms with van der Waals surface area (Å²) < 4.78 is 0. The Morgan fingerprint density at radius 1 is 1.60 bits per heavy atom. The third kappa shape index (κ3) is 1.68. The van der Waals surface area contributed by atoms with Crippen molar-refractivity contribution < 1.29 is 14.8 Å². The second-order valence-corrected chi connectivity index (χ2v) is 3.38. The number of β-amino-alcohol motifs (C(OH)–C–C–N with tert-alkyl or cyclic N) is 1. The number of likely N-dealkylation sites (tertiary alicyclic amines) is 1. The summed E-state index contributed by atoms with van der Waals surface area (Å²) in [7, 11) is 0. The fourth-order valence-electron chi connectivity index (χ4n) is 1.41. The molecule has 1 aromatic rings. The monoisotopic (exact) mass is 211 g/mol. The summed E-state index contributed by atoms with van der Waals surface area (Å²) in [6, 6.07) is 2.61. The van der Waals surface area contributed by atoms with Gasteiger partial charge in [-0.15, -0.1) is 0 Å². The molecule has 0 spiro atoms. The molecule has 1 aromatic heterocycles. The smallest absolute Gasteiger partial charge is 0.321 e. The average Bonchev–Trinajstić information content (AvgIpc) is 2.60. The molecule has 1 aliphatic heterocycles. The number of nitro groups is 1. The maximum Gasteiger partial charge on any atom is 0.321 e. The number of hydrogen-bond acceptors (Lipinski definition) is 4. The molecule has 2 N–H and O–H groups in total. The molecule has 0 aromatic carbocycles. The van der Waals surface area contributed by atoms with Gasteiger partial charge in [0.15, 0.2) is 5.69 Å². The molecule has 2 heterocycles. The highest BCUT2D eigenvalue weighted by atomic mass is 16.6. The second-order valence-electron chi connectivity index (χ2n) is 3.38. The number of carbonyl (C=O) groups is 1. The van der Waals surface area contributed by atoms with Crippen LogP contribution >= 0.6 is 0 Å². The summed E-state index contributed by atoms with van der Waals surface area (Å²) in [6.07, 6.45) is -0.473. The Bertz CT molecular complexity index is 408. The summed E-state index contributed by atoms with van der Waals surface area (Å²) in [5.41, 5.74) is 0.175. The fraction of sp³-hybridized carbons (Fsp3) is 0.375. The molecule has 1 saturated heterocycles. The Hall–Kier alpha value is -1.89. The molecule has 7 heteroatoms. The maximum atomic E-state index is 11.6. The van der Waals surface area contributed by atoms with E-state index in [0.717, 1.165) is 0 Å². The Kier molecular flexibility index (Phi) is 2.16. The molecule has 7 nitrogen and oxygen atoms in total. The van der Waals surface area contributed by atoms with Crippen LogP contribution in [0.25, 0.3) is 0 Å². The predicted octanol–water partition coefficient (Wildman–Crippen LogP) is -0.260. The Labute approximate surface area is 84.5 Å². The van der Waals surface area contributed by atoms with Crippen LogP contribution in [0.4, 0.5) is 5.82 Å². The number of aliphatic hydroxyl groups is 1. The molecule has 2 rings (SSSR count). The molecule has 1 aliphatic rings. The van der Waals surface area contributed by atoms with Crippen molar-refractivity contribution in [2.24, 2.45) is 0 Å². The number of nitrogens with zero attached hydrogens (tertiary/aromatic N) is 2. The first-order chi connectivity index (χ1) is 7.08. The van der Waals surface area contributed by atoms with E-state index in [2.05, 4.69) is 4.98 Å². The first-order valence-electron chi connectivity index (χ1n) is 4.38. The highest BCUT2D eigenvalue weighted by molar-refractivity contribution is 5.93. The Balaban J connectivity index is 2.09. The van der Waals surface area contributed by atoms with E-state index in [1.54, 1.807) is 0 Å². The third-order valence-corrected chi connectivity index (χ3v) is 2.25. The Morgan fingerprint density at radius 3 is 2.73 bits per heavy atom. The van der Waals surface area contributed by atoms with Crippen molar-refractivity contribution in [2.45, 2.75) is 6.10 Å². The fourth-order valence-corrected chi connectivity index (χ4v) is 1.41. The molecule has 0 bridgehead atoms. The van der Waals surface area contributed by atoms with Crippen molar-refractivity contribution in [3.8, 4) is 0 Å². The lowest BCUT2D eigenvalue weighted by atomic mass is 10.1. The van der Waals surface area contributed by atoms with Crippen LogP contribution in [0.5, 0.6) is 0 Å². The van der Waals surface area contributed by atoms with Gasteiger partial charge in [-0.3, -0.25) is 4.79 Å². The number of hydrogen-bond donors (Lipinski definition) is 2. The minimum atomic E-state index is -0.596. The van der Waals surface area contributed by atoms with Gasteiger partial charge < -0.3 is 20.1 Å². The van der Waals surface area contributed by atoms with Crippen LogP contribution in [-0.4, -0.2) is 45.0 Å². The molecule has 0 aliphatic carbocycles. The molecule has 15 heavy (non-hydrogen) atoms. The van der Waals surface area contributed by atoms with E-state index in [1.807, 2.05) is 0 Å². The van der Waals surface area contributed by atoms with E-state index in [4.69, 9.17) is 5.11 Å². The van der Waals surface area contributed by atoms with Gasteiger partial charge in [-0.05, 0) is 11.0 Å².